The number of nitrogens with zero attached hydrogens (tertiary/aromatic N) is 2. The van der Waals surface area contributed by atoms with E-state index in [1.807, 2.05) is 29.0 Å². The Morgan fingerprint density at radius 3 is 3.00 bits per heavy atom. The van der Waals surface area contributed by atoms with Crippen LogP contribution in [0.25, 0.3) is 0 Å². The number of imidazole rings is 1. The normalized spacial score (nSPS) is 12.4. The van der Waals surface area contributed by atoms with Crippen LogP contribution in [-0.4, -0.2) is 21.3 Å². The average molecular weight is 325 g/mol. The third-order valence-corrected chi connectivity index (χ3v) is 3.30. The molecule has 2 aromatic rings. The van der Waals surface area contributed by atoms with Gasteiger partial charge in [0.2, 0.25) is 0 Å². The van der Waals surface area contributed by atoms with Crippen LogP contribution in [0.1, 0.15) is 25.0 Å². The number of rotatable bonds is 6. The zero-order valence-electron chi connectivity index (χ0n) is 10.8. The van der Waals surface area contributed by atoms with Crippen molar-refractivity contribution < 1.29 is 9.84 Å². The molecule has 1 heterocycles. The number of halogens is 1. The van der Waals surface area contributed by atoms with Crippen molar-refractivity contribution >= 4 is 15.9 Å². The van der Waals surface area contributed by atoms with Gasteiger partial charge < -0.3 is 14.4 Å². The van der Waals surface area contributed by atoms with Gasteiger partial charge in [0.05, 0.1) is 19.0 Å². The van der Waals surface area contributed by atoms with Crippen molar-refractivity contribution in [3.05, 3.63) is 47.0 Å². The van der Waals surface area contributed by atoms with E-state index < -0.39 is 6.10 Å². The minimum Gasteiger partial charge on any atom is -0.493 e. The zero-order valence-corrected chi connectivity index (χ0v) is 12.4. The zero-order chi connectivity index (χ0) is 13.7. The van der Waals surface area contributed by atoms with Gasteiger partial charge in [-0.25, -0.2) is 4.98 Å². The third-order valence-electron chi connectivity index (χ3n) is 2.80. The Morgan fingerprint density at radius 1 is 1.47 bits per heavy atom. The number of ether oxygens (including phenoxy) is 1. The van der Waals surface area contributed by atoms with Crippen molar-refractivity contribution in [3.8, 4) is 5.75 Å². The van der Waals surface area contributed by atoms with Crippen LogP contribution in [0.15, 0.2) is 41.4 Å². The molecule has 0 spiro atoms. The molecule has 102 valence electrons. The van der Waals surface area contributed by atoms with Gasteiger partial charge in [-0.3, -0.25) is 0 Å². The smallest absolute Gasteiger partial charge is 0.126 e. The number of aromatic nitrogens is 2. The first-order valence-corrected chi connectivity index (χ1v) is 7.02. The van der Waals surface area contributed by atoms with E-state index in [0.717, 1.165) is 28.8 Å². The van der Waals surface area contributed by atoms with Crippen LogP contribution in [0, 0.1) is 0 Å². The molecule has 0 saturated carbocycles. The summed E-state index contributed by atoms with van der Waals surface area (Å²) in [4.78, 5) is 3.99. The maximum Gasteiger partial charge on any atom is 0.126 e. The molecule has 4 nitrogen and oxygen atoms in total. The molecule has 1 aromatic carbocycles. The van der Waals surface area contributed by atoms with Crippen molar-refractivity contribution in [2.45, 2.75) is 26.0 Å². The topological polar surface area (TPSA) is 47.3 Å². The fraction of sp³-hybridized carbons (Fsp3) is 0.357. The van der Waals surface area contributed by atoms with Crippen LogP contribution in [0.2, 0.25) is 0 Å². The lowest BCUT2D eigenvalue weighted by Gasteiger charge is -2.14. The second-order valence-electron chi connectivity index (χ2n) is 4.36. The third kappa shape index (κ3) is 4.08. The second kappa shape index (κ2) is 6.73. The van der Waals surface area contributed by atoms with E-state index in [1.54, 1.807) is 19.4 Å². The second-order valence-corrected chi connectivity index (χ2v) is 5.28. The molecule has 1 N–H and O–H groups in total. The van der Waals surface area contributed by atoms with Gasteiger partial charge in [-0.15, -0.1) is 0 Å². The Hall–Kier alpha value is -1.33. The summed E-state index contributed by atoms with van der Waals surface area (Å²) < 4.78 is 8.71. The van der Waals surface area contributed by atoms with Crippen LogP contribution in [0.4, 0.5) is 0 Å². The Labute approximate surface area is 121 Å². The Kier molecular flexibility index (Phi) is 4.99. The van der Waals surface area contributed by atoms with E-state index in [2.05, 4.69) is 20.9 Å². The lowest BCUT2D eigenvalue weighted by Crippen LogP contribution is -2.05. The van der Waals surface area contributed by atoms with E-state index in [9.17, 15) is 5.11 Å². The number of hydrogen-bond donors (Lipinski definition) is 1. The summed E-state index contributed by atoms with van der Waals surface area (Å²) in [6.45, 7) is 3.22. The summed E-state index contributed by atoms with van der Waals surface area (Å²) >= 11 is 3.41. The molecule has 0 aliphatic carbocycles. The summed E-state index contributed by atoms with van der Waals surface area (Å²) in [6.07, 6.45) is 5.85. The van der Waals surface area contributed by atoms with Crippen LogP contribution in [-0.2, 0) is 6.54 Å². The number of benzene rings is 1. The maximum absolute atomic E-state index is 9.69. The molecule has 2 rings (SSSR count). The molecule has 0 bridgehead atoms. The predicted molar refractivity (Wildman–Crippen MR) is 77.1 cm³/mol. The average Bonchev–Trinajstić information content (AvgIpc) is 2.87. The van der Waals surface area contributed by atoms with Crippen LogP contribution >= 0.6 is 15.9 Å². The van der Waals surface area contributed by atoms with E-state index in [-0.39, 0.29) is 0 Å². The highest BCUT2D eigenvalue weighted by Crippen LogP contribution is 2.28. The summed E-state index contributed by atoms with van der Waals surface area (Å²) in [5.41, 5.74) is 0.811. The summed E-state index contributed by atoms with van der Waals surface area (Å²) in [5.74, 6) is 0.731. The molecule has 0 fully saturated rings. The standard InChI is InChI=1S/C14H17BrN2O2/c1-11(18)13-4-3-12(15)9-14(13)19-8-2-6-17-7-5-16-10-17/h3-5,7,9-11,18H,2,6,8H2,1H3/t11-/m1/s1. The number of aliphatic hydroxyl groups excluding tert-OH is 1. The van der Waals surface area contributed by atoms with Crippen LogP contribution in [0.5, 0.6) is 5.75 Å². The Bertz CT molecular complexity index is 512. The molecule has 0 radical (unpaired) electrons. The molecule has 0 unspecified atom stereocenters. The summed E-state index contributed by atoms with van der Waals surface area (Å²) in [6, 6.07) is 5.67. The van der Waals surface area contributed by atoms with Crippen LogP contribution < -0.4 is 4.74 Å². The van der Waals surface area contributed by atoms with Crippen molar-refractivity contribution in [3.63, 3.8) is 0 Å². The molecule has 0 amide bonds. The molecule has 19 heavy (non-hydrogen) atoms. The quantitative estimate of drug-likeness (QED) is 0.830. The molecule has 1 aromatic heterocycles. The molecule has 5 heteroatoms. The van der Waals surface area contributed by atoms with Gasteiger partial charge in [0.1, 0.15) is 5.75 Å². The van der Waals surface area contributed by atoms with Crippen molar-refractivity contribution in [1.82, 2.24) is 9.55 Å². The molecule has 1 atom stereocenters. The summed E-state index contributed by atoms with van der Waals surface area (Å²) in [5, 5.41) is 9.69. The van der Waals surface area contributed by atoms with Gasteiger partial charge in [-0.2, -0.15) is 0 Å². The van der Waals surface area contributed by atoms with E-state index in [1.165, 1.54) is 0 Å². The number of aryl methyl sites for hydroxylation is 1. The van der Waals surface area contributed by atoms with Crippen molar-refractivity contribution in [2.75, 3.05) is 6.61 Å². The number of aliphatic hydroxyl groups is 1. The highest BCUT2D eigenvalue weighted by Gasteiger charge is 2.09. The largest absolute Gasteiger partial charge is 0.493 e. The highest BCUT2D eigenvalue weighted by atomic mass is 79.9. The minimum atomic E-state index is -0.531. The Morgan fingerprint density at radius 2 is 2.32 bits per heavy atom. The van der Waals surface area contributed by atoms with E-state index in [4.69, 9.17) is 4.74 Å². The SMILES string of the molecule is C[C@@H](O)c1ccc(Br)cc1OCCCn1ccnc1. The molecule has 0 aliphatic rings. The lowest BCUT2D eigenvalue weighted by molar-refractivity contribution is 0.190. The fourth-order valence-electron chi connectivity index (χ4n) is 1.83. The first-order chi connectivity index (χ1) is 9.16. The van der Waals surface area contributed by atoms with Gasteiger partial charge in [-0.1, -0.05) is 22.0 Å². The molecule has 0 aliphatic heterocycles. The summed E-state index contributed by atoms with van der Waals surface area (Å²) in [7, 11) is 0. The number of hydrogen-bond acceptors (Lipinski definition) is 3. The van der Waals surface area contributed by atoms with Gasteiger partial charge in [0.15, 0.2) is 0 Å². The van der Waals surface area contributed by atoms with E-state index >= 15 is 0 Å². The predicted octanol–water partition coefficient (Wildman–Crippen LogP) is 3.17. The van der Waals surface area contributed by atoms with Crippen molar-refractivity contribution in [1.29, 1.82) is 0 Å². The molecule has 0 saturated heterocycles. The van der Waals surface area contributed by atoms with Gasteiger partial charge in [-0.05, 0) is 25.5 Å². The first-order valence-electron chi connectivity index (χ1n) is 6.23. The minimum absolute atomic E-state index is 0.531. The molecular formula is C14H17BrN2O2. The Balaban J connectivity index is 1.89. The monoisotopic (exact) mass is 324 g/mol. The van der Waals surface area contributed by atoms with Gasteiger partial charge >= 0.3 is 0 Å². The van der Waals surface area contributed by atoms with Crippen molar-refractivity contribution in [2.24, 2.45) is 0 Å². The first kappa shape index (κ1) is 14.1. The van der Waals surface area contributed by atoms with E-state index in [0.29, 0.717) is 6.61 Å². The molecular weight excluding hydrogens is 308 g/mol. The van der Waals surface area contributed by atoms with Crippen LogP contribution in [0.3, 0.4) is 0 Å². The fourth-order valence-corrected chi connectivity index (χ4v) is 2.17. The highest BCUT2D eigenvalue weighted by molar-refractivity contribution is 9.10. The van der Waals surface area contributed by atoms with Gasteiger partial charge in [0, 0.05) is 29.0 Å². The maximum atomic E-state index is 9.69. The van der Waals surface area contributed by atoms with Gasteiger partial charge in [0.25, 0.3) is 0 Å². The lowest BCUT2D eigenvalue weighted by atomic mass is 10.1.